The maximum atomic E-state index is 12.0. The molecule has 0 bridgehead atoms. The quantitative estimate of drug-likeness (QED) is 0.597. The Labute approximate surface area is 159 Å². The molecule has 0 amide bonds. The van der Waals surface area contributed by atoms with Gasteiger partial charge in [-0.2, -0.15) is 5.10 Å². The first-order valence-corrected chi connectivity index (χ1v) is 9.85. The van der Waals surface area contributed by atoms with Gasteiger partial charge in [-0.1, -0.05) is 36.8 Å². The minimum Gasteiger partial charge on any atom is -0.385 e. The third kappa shape index (κ3) is 4.19. The van der Waals surface area contributed by atoms with E-state index < -0.39 is 0 Å². The second-order valence-corrected chi connectivity index (χ2v) is 7.21. The average molecular weight is 362 g/mol. The first-order valence-electron chi connectivity index (χ1n) is 9.85. The number of nitrogens with zero attached hydrogens (tertiary/aromatic N) is 2. The Bertz CT molecular complexity index is 962. The van der Waals surface area contributed by atoms with E-state index in [2.05, 4.69) is 32.5 Å². The molecule has 1 aromatic heterocycles. The summed E-state index contributed by atoms with van der Waals surface area (Å²) in [6.45, 7) is 4.81. The third-order valence-electron chi connectivity index (χ3n) is 5.26. The highest BCUT2D eigenvalue weighted by molar-refractivity contribution is 5.94. The molecule has 0 unspecified atom stereocenters. The smallest absolute Gasteiger partial charge is 0.272 e. The zero-order valence-electron chi connectivity index (χ0n) is 15.6. The van der Waals surface area contributed by atoms with Gasteiger partial charge in [-0.3, -0.25) is 4.79 Å². The van der Waals surface area contributed by atoms with Crippen LogP contribution in [0.5, 0.6) is 0 Å². The number of fused-ring (bicyclic) bond motifs is 1. The second kappa shape index (κ2) is 8.35. The highest BCUT2D eigenvalue weighted by Gasteiger charge is 2.12. The minimum absolute atomic E-state index is 0.151. The summed E-state index contributed by atoms with van der Waals surface area (Å²) in [4.78, 5) is 14.5. The molecule has 0 spiro atoms. The summed E-state index contributed by atoms with van der Waals surface area (Å²) in [7, 11) is 0. The van der Waals surface area contributed by atoms with Crippen LogP contribution in [0.2, 0.25) is 0 Å². The molecule has 1 fully saturated rings. The normalized spacial score (nSPS) is 14.2. The van der Waals surface area contributed by atoms with Crippen LogP contribution < -0.4 is 10.9 Å². The topological polar surface area (TPSA) is 61.0 Å². The van der Waals surface area contributed by atoms with Crippen LogP contribution in [0.25, 0.3) is 22.0 Å². The number of aromatic nitrogens is 2. The van der Waals surface area contributed by atoms with Crippen LogP contribution in [0.3, 0.4) is 0 Å². The number of hydrogen-bond donors (Lipinski definition) is 2. The van der Waals surface area contributed by atoms with Gasteiger partial charge in [0.05, 0.1) is 11.1 Å². The van der Waals surface area contributed by atoms with Crippen LogP contribution in [0.4, 0.5) is 5.69 Å². The molecule has 4 rings (SSSR count). The van der Waals surface area contributed by atoms with Crippen molar-refractivity contribution in [3.63, 3.8) is 0 Å². The lowest BCUT2D eigenvalue weighted by atomic mass is 10.0. The predicted octanol–water partition coefficient (Wildman–Crippen LogP) is 3.88. The summed E-state index contributed by atoms with van der Waals surface area (Å²) in [5.41, 5.74) is 2.75. The SMILES string of the molecule is O=c1[nH]nc(-c2cccc(NCCCCCN3CCC3)c2)c2ccccc12. The monoisotopic (exact) mass is 362 g/mol. The fourth-order valence-corrected chi connectivity index (χ4v) is 3.59. The number of nitrogens with one attached hydrogen (secondary N) is 2. The number of hydrogen-bond acceptors (Lipinski definition) is 4. The zero-order chi connectivity index (χ0) is 18.5. The van der Waals surface area contributed by atoms with Gasteiger partial charge in [0, 0.05) is 23.2 Å². The Morgan fingerprint density at radius 2 is 1.85 bits per heavy atom. The number of likely N-dealkylation sites (tertiary alicyclic amines) is 1. The summed E-state index contributed by atoms with van der Waals surface area (Å²) in [6, 6.07) is 15.8. The molecule has 1 aliphatic rings. The van der Waals surface area contributed by atoms with Crippen LogP contribution in [0.1, 0.15) is 25.7 Å². The van der Waals surface area contributed by atoms with Crippen molar-refractivity contribution in [1.82, 2.24) is 15.1 Å². The number of anilines is 1. The van der Waals surface area contributed by atoms with E-state index in [9.17, 15) is 4.79 Å². The van der Waals surface area contributed by atoms with Gasteiger partial charge < -0.3 is 10.2 Å². The molecule has 140 valence electrons. The molecular formula is C22H26N4O. The van der Waals surface area contributed by atoms with E-state index in [0.29, 0.717) is 5.39 Å². The molecule has 2 N–H and O–H groups in total. The second-order valence-electron chi connectivity index (χ2n) is 7.21. The average Bonchev–Trinajstić information content (AvgIpc) is 2.67. The zero-order valence-corrected chi connectivity index (χ0v) is 15.6. The highest BCUT2D eigenvalue weighted by Crippen LogP contribution is 2.26. The number of unbranched alkanes of at least 4 members (excludes halogenated alkanes) is 2. The molecule has 0 aliphatic carbocycles. The van der Waals surface area contributed by atoms with E-state index in [-0.39, 0.29) is 5.56 Å². The molecular weight excluding hydrogens is 336 g/mol. The molecule has 0 radical (unpaired) electrons. The predicted molar refractivity (Wildman–Crippen MR) is 111 cm³/mol. The summed E-state index contributed by atoms with van der Waals surface area (Å²) >= 11 is 0. The van der Waals surface area contributed by atoms with Crippen molar-refractivity contribution in [2.75, 3.05) is 31.5 Å². The van der Waals surface area contributed by atoms with E-state index in [1.165, 1.54) is 45.3 Å². The van der Waals surface area contributed by atoms with Gasteiger partial charge in [-0.15, -0.1) is 0 Å². The van der Waals surface area contributed by atoms with Crippen molar-refractivity contribution in [1.29, 1.82) is 0 Å². The molecule has 3 aromatic rings. The first-order chi connectivity index (χ1) is 13.3. The van der Waals surface area contributed by atoms with Crippen LogP contribution in [0, 0.1) is 0 Å². The standard InChI is InChI=1S/C22H26N4O/c27-22-20-11-3-2-10-19(20)21(24-25-22)17-8-6-9-18(16-17)23-12-4-1-5-13-26-14-7-15-26/h2-3,6,8-11,16,23H,1,4-5,7,12-15H2,(H,25,27). The van der Waals surface area contributed by atoms with E-state index in [1.54, 1.807) is 0 Å². The van der Waals surface area contributed by atoms with E-state index >= 15 is 0 Å². The van der Waals surface area contributed by atoms with Gasteiger partial charge >= 0.3 is 0 Å². The van der Waals surface area contributed by atoms with E-state index in [0.717, 1.165) is 28.9 Å². The van der Waals surface area contributed by atoms with Crippen molar-refractivity contribution in [2.45, 2.75) is 25.7 Å². The van der Waals surface area contributed by atoms with Crippen molar-refractivity contribution in [2.24, 2.45) is 0 Å². The van der Waals surface area contributed by atoms with Gasteiger partial charge in [0.15, 0.2) is 0 Å². The van der Waals surface area contributed by atoms with Crippen molar-refractivity contribution in [3.05, 3.63) is 58.9 Å². The van der Waals surface area contributed by atoms with Gasteiger partial charge in [-0.25, -0.2) is 5.10 Å². The van der Waals surface area contributed by atoms with Crippen LogP contribution in [-0.4, -0.2) is 41.3 Å². The Hall–Kier alpha value is -2.66. The minimum atomic E-state index is -0.151. The molecule has 2 heterocycles. The molecule has 1 saturated heterocycles. The van der Waals surface area contributed by atoms with E-state index in [1.807, 2.05) is 36.4 Å². The maximum absolute atomic E-state index is 12.0. The summed E-state index contributed by atoms with van der Waals surface area (Å²) in [6.07, 6.45) is 5.10. The summed E-state index contributed by atoms with van der Waals surface area (Å²) in [5, 5.41) is 12.0. The van der Waals surface area contributed by atoms with Gasteiger partial charge in [-0.05, 0) is 57.1 Å². The highest BCUT2D eigenvalue weighted by atomic mass is 16.1. The van der Waals surface area contributed by atoms with Gasteiger partial charge in [0.2, 0.25) is 0 Å². The molecule has 2 aromatic carbocycles. The van der Waals surface area contributed by atoms with Crippen molar-refractivity contribution in [3.8, 4) is 11.3 Å². The Morgan fingerprint density at radius 1 is 1.00 bits per heavy atom. The van der Waals surface area contributed by atoms with E-state index in [4.69, 9.17) is 0 Å². The molecule has 5 nitrogen and oxygen atoms in total. The molecule has 27 heavy (non-hydrogen) atoms. The van der Waals surface area contributed by atoms with Gasteiger partial charge in [0.1, 0.15) is 0 Å². The third-order valence-corrected chi connectivity index (χ3v) is 5.26. The molecule has 5 heteroatoms. The summed E-state index contributed by atoms with van der Waals surface area (Å²) in [5.74, 6) is 0. The molecule has 1 aliphatic heterocycles. The lowest BCUT2D eigenvalue weighted by Crippen LogP contribution is -2.37. The fraction of sp³-hybridized carbons (Fsp3) is 0.364. The number of aromatic amines is 1. The Balaban J connectivity index is 1.39. The Kier molecular flexibility index (Phi) is 5.49. The first kappa shape index (κ1) is 17.7. The van der Waals surface area contributed by atoms with Crippen LogP contribution in [-0.2, 0) is 0 Å². The fourth-order valence-electron chi connectivity index (χ4n) is 3.59. The summed E-state index contributed by atoms with van der Waals surface area (Å²) < 4.78 is 0. The lowest BCUT2D eigenvalue weighted by molar-refractivity contribution is 0.178. The number of benzene rings is 2. The maximum Gasteiger partial charge on any atom is 0.272 e. The number of H-pyrrole nitrogens is 1. The molecule has 0 saturated carbocycles. The van der Waals surface area contributed by atoms with Crippen molar-refractivity contribution >= 4 is 16.5 Å². The van der Waals surface area contributed by atoms with Gasteiger partial charge in [0.25, 0.3) is 5.56 Å². The number of rotatable bonds is 8. The van der Waals surface area contributed by atoms with Crippen LogP contribution >= 0.6 is 0 Å². The van der Waals surface area contributed by atoms with Crippen LogP contribution in [0.15, 0.2) is 53.3 Å². The largest absolute Gasteiger partial charge is 0.385 e. The van der Waals surface area contributed by atoms with Crippen molar-refractivity contribution < 1.29 is 0 Å². The Morgan fingerprint density at radius 3 is 2.67 bits per heavy atom. The molecule has 0 atom stereocenters. The lowest BCUT2D eigenvalue weighted by Gasteiger charge is -2.30.